The lowest BCUT2D eigenvalue weighted by molar-refractivity contribution is -0.142. The van der Waals surface area contributed by atoms with Gasteiger partial charge in [-0.25, -0.2) is 18.0 Å². The fraction of sp³-hybridized carbons (Fsp3) is 0.500. The molecular weight excluding hydrogens is 450 g/mol. The Morgan fingerprint density at radius 1 is 1.35 bits per heavy atom. The second-order valence-corrected chi connectivity index (χ2v) is 10.5. The summed E-state index contributed by atoms with van der Waals surface area (Å²) in [5, 5.41) is 8.34. The van der Waals surface area contributed by atoms with E-state index in [1.165, 1.54) is 18.2 Å². The Morgan fingerprint density at radius 2 is 1.96 bits per heavy atom. The van der Waals surface area contributed by atoms with Crippen molar-refractivity contribution in [2.75, 3.05) is 6.54 Å². The summed E-state index contributed by atoms with van der Waals surface area (Å²) in [7, 11) is -3.93. The molecule has 0 bridgehead atoms. The maximum Gasteiger partial charge on any atom is 0.411 e. The van der Waals surface area contributed by atoms with Crippen LogP contribution in [0.25, 0.3) is 0 Å². The largest absolute Gasteiger partial charge is 0.480 e. The first kappa shape index (κ1) is 21.0. The van der Waals surface area contributed by atoms with Crippen LogP contribution < -0.4 is 0 Å². The first-order valence-corrected chi connectivity index (χ1v) is 10.5. The number of carboxylic acids is 1. The summed E-state index contributed by atoms with van der Waals surface area (Å²) >= 11 is 9.25. The highest BCUT2D eigenvalue weighted by Crippen LogP contribution is 2.33. The van der Waals surface area contributed by atoms with E-state index in [0.717, 1.165) is 4.90 Å². The number of halogens is 2. The molecule has 1 aliphatic rings. The van der Waals surface area contributed by atoms with Gasteiger partial charge in [0.15, 0.2) is 9.84 Å². The van der Waals surface area contributed by atoms with Crippen LogP contribution in [-0.4, -0.2) is 53.9 Å². The van der Waals surface area contributed by atoms with Crippen LogP contribution in [0.15, 0.2) is 27.6 Å². The van der Waals surface area contributed by atoms with Crippen molar-refractivity contribution in [1.29, 1.82) is 0 Å². The molecule has 1 saturated heterocycles. The highest BCUT2D eigenvalue weighted by molar-refractivity contribution is 9.10. The SMILES string of the molecule is CC(C)(C)OC(=O)N1C[C@H](S(=O)(=O)c2ccc(Br)cc2Cl)C[C@H]1C(=O)O. The molecule has 1 aromatic carbocycles. The minimum atomic E-state index is -3.93. The van der Waals surface area contributed by atoms with E-state index in [-0.39, 0.29) is 22.9 Å². The predicted octanol–water partition coefficient (Wildman–Crippen LogP) is 3.34. The van der Waals surface area contributed by atoms with Gasteiger partial charge in [-0.15, -0.1) is 0 Å². The zero-order valence-electron chi connectivity index (χ0n) is 14.4. The molecule has 0 saturated carbocycles. The molecule has 1 aromatic rings. The Hall–Kier alpha value is -1.32. The van der Waals surface area contributed by atoms with E-state index in [1.54, 1.807) is 20.8 Å². The minimum absolute atomic E-state index is 0.0296. The predicted molar refractivity (Wildman–Crippen MR) is 99.1 cm³/mol. The molecule has 1 N–H and O–H groups in total. The third kappa shape index (κ3) is 4.50. The number of ether oxygens (including phenoxy) is 1. The molecule has 7 nitrogen and oxygen atoms in total. The number of carboxylic acid groups (broad SMARTS) is 1. The number of hydrogen-bond donors (Lipinski definition) is 1. The monoisotopic (exact) mass is 467 g/mol. The van der Waals surface area contributed by atoms with Gasteiger partial charge in [0.1, 0.15) is 11.6 Å². The smallest absolute Gasteiger partial charge is 0.411 e. The Kier molecular flexibility index (Phi) is 5.94. The Labute approximate surface area is 165 Å². The number of likely N-dealkylation sites (tertiary alicyclic amines) is 1. The molecule has 2 rings (SSSR count). The van der Waals surface area contributed by atoms with Crippen molar-refractivity contribution in [1.82, 2.24) is 4.90 Å². The van der Waals surface area contributed by atoms with Crippen LogP contribution in [0.5, 0.6) is 0 Å². The third-order valence-corrected chi connectivity index (χ3v) is 6.92. The zero-order valence-corrected chi connectivity index (χ0v) is 17.6. The normalized spacial score (nSPS) is 20.9. The van der Waals surface area contributed by atoms with Crippen molar-refractivity contribution >= 4 is 49.4 Å². The molecule has 0 spiro atoms. The van der Waals surface area contributed by atoms with E-state index in [4.69, 9.17) is 16.3 Å². The van der Waals surface area contributed by atoms with Crippen molar-refractivity contribution in [3.8, 4) is 0 Å². The number of rotatable bonds is 3. The molecule has 0 aliphatic carbocycles. The average molecular weight is 469 g/mol. The number of carbonyl (C=O) groups excluding carboxylic acids is 1. The lowest BCUT2D eigenvalue weighted by Gasteiger charge is -2.26. The maximum atomic E-state index is 12.9. The van der Waals surface area contributed by atoms with Gasteiger partial charge in [-0.2, -0.15) is 0 Å². The quantitative estimate of drug-likeness (QED) is 0.730. The van der Waals surface area contributed by atoms with Crippen molar-refractivity contribution in [3.63, 3.8) is 0 Å². The van der Waals surface area contributed by atoms with Crippen LogP contribution in [-0.2, 0) is 19.4 Å². The van der Waals surface area contributed by atoms with E-state index in [0.29, 0.717) is 4.47 Å². The number of amides is 1. The molecule has 144 valence electrons. The molecule has 0 radical (unpaired) electrons. The summed E-state index contributed by atoms with van der Waals surface area (Å²) in [6, 6.07) is 3.06. The average Bonchev–Trinajstić information content (AvgIpc) is 2.91. The summed E-state index contributed by atoms with van der Waals surface area (Å²) in [5.74, 6) is -1.28. The first-order valence-electron chi connectivity index (χ1n) is 7.74. The minimum Gasteiger partial charge on any atom is -0.480 e. The van der Waals surface area contributed by atoms with Crippen LogP contribution in [0.4, 0.5) is 4.79 Å². The Morgan fingerprint density at radius 3 is 2.46 bits per heavy atom. The molecule has 1 fully saturated rings. The lowest BCUT2D eigenvalue weighted by atomic mass is 10.2. The maximum absolute atomic E-state index is 12.9. The number of hydrogen-bond acceptors (Lipinski definition) is 5. The molecule has 10 heteroatoms. The zero-order chi connectivity index (χ0) is 19.9. The Bertz CT molecular complexity index is 836. The third-order valence-electron chi connectivity index (χ3n) is 3.82. The van der Waals surface area contributed by atoms with Gasteiger partial charge in [-0.1, -0.05) is 27.5 Å². The molecule has 26 heavy (non-hydrogen) atoms. The summed E-state index contributed by atoms with van der Waals surface area (Å²) in [6.45, 7) is 4.66. The van der Waals surface area contributed by atoms with E-state index in [2.05, 4.69) is 15.9 Å². The first-order chi connectivity index (χ1) is 11.8. The second kappa shape index (κ2) is 7.36. The van der Waals surface area contributed by atoms with Crippen LogP contribution >= 0.6 is 27.5 Å². The molecule has 2 atom stereocenters. The van der Waals surface area contributed by atoms with Gasteiger partial charge >= 0.3 is 12.1 Å². The highest BCUT2D eigenvalue weighted by Gasteiger charge is 2.47. The number of benzene rings is 1. The van der Waals surface area contributed by atoms with E-state index >= 15 is 0 Å². The molecule has 0 aromatic heterocycles. The van der Waals surface area contributed by atoms with Crippen molar-refractivity contribution in [2.24, 2.45) is 0 Å². The molecule has 0 unspecified atom stereocenters. The number of carbonyl (C=O) groups is 2. The van der Waals surface area contributed by atoms with Gasteiger partial charge in [-0.05, 0) is 45.4 Å². The fourth-order valence-electron chi connectivity index (χ4n) is 2.66. The lowest BCUT2D eigenvalue weighted by Crippen LogP contribution is -2.43. The van der Waals surface area contributed by atoms with Crippen LogP contribution in [0.1, 0.15) is 27.2 Å². The van der Waals surface area contributed by atoms with Crippen molar-refractivity contribution < 1.29 is 27.9 Å². The molecule has 1 heterocycles. The van der Waals surface area contributed by atoms with Gasteiger partial charge in [0.05, 0.1) is 15.2 Å². The van der Waals surface area contributed by atoms with Crippen LogP contribution in [0, 0.1) is 0 Å². The number of nitrogens with zero attached hydrogens (tertiary/aromatic N) is 1. The summed E-state index contributed by atoms with van der Waals surface area (Å²) < 4.78 is 31.7. The molecular formula is C16H19BrClNO6S. The summed E-state index contributed by atoms with van der Waals surface area (Å²) in [4.78, 5) is 24.7. The molecule has 1 amide bonds. The van der Waals surface area contributed by atoms with E-state index in [9.17, 15) is 23.1 Å². The van der Waals surface area contributed by atoms with Gasteiger partial charge in [0.2, 0.25) is 0 Å². The summed E-state index contributed by atoms with van der Waals surface area (Å²) in [6.07, 6.45) is -1.09. The fourth-order valence-corrected chi connectivity index (χ4v) is 5.40. The van der Waals surface area contributed by atoms with E-state index in [1.807, 2.05) is 0 Å². The number of sulfone groups is 1. The second-order valence-electron chi connectivity index (χ2n) is 6.96. The van der Waals surface area contributed by atoms with Crippen molar-refractivity contribution in [2.45, 2.75) is 49.0 Å². The van der Waals surface area contributed by atoms with Gasteiger partial charge in [0, 0.05) is 11.0 Å². The standard InChI is InChI=1S/C16H19BrClNO6S/c1-16(2,3)25-15(22)19-8-10(7-12(19)14(20)21)26(23,24)13-5-4-9(17)6-11(13)18/h4-6,10,12H,7-8H2,1-3H3,(H,20,21)/t10-,12+/m1/s1. The van der Waals surface area contributed by atoms with E-state index < -0.39 is 38.8 Å². The van der Waals surface area contributed by atoms with Crippen LogP contribution in [0.3, 0.4) is 0 Å². The molecule has 1 aliphatic heterocycles. The van der Waals surface area contributed by atoms with Crippen molar-refractivity contribution in [3.05, 3.63) is 27.7 Å². The number of aliphatic carboxylic acids is 1. The summed E-state index contributed by atoms with van der Waals surface area (Å²) in [5.41, 5.74) is -0.827. The highest BCUT2D eigenvalue weighted by atomic mass is 79.9. The van der Waals surface area contributed by atoms with Gasteiger partial charge in [0.25, 0.3) is 0 Å². The Balaban J connectivity index is 2.34. The van der Waals surface area contributed by atoms with Gasteiger partial charge in [-0.3, -0.25) is 4.90 Å². The van der Waals surface area contributed by atoms with Crippen LogP contribution in [0.2, 0.25) is 5.02 Å². The topological polar surface area (TPSA) is 101 Å². The van der Waals surface area contributed by atoms with Gasteiger partial charge < -0.3 is 9.84 Å².